The van der Waals surface area contributed by atoms with Crippen molar-refractivity contribution in [2.75, 3.05) is 0 Å². The summed E-state index contributed by atoms with van der Waals surface area (Å²) >= 11 is 0. The van der Waals surface area contributed by atoms with E-state index in [1.54, 1.807) is 0 Å². The van der Waals surface area contributed by atoms with Crippen molar-refractivity contribution in [1.82, 2.24) is 0 Å². The van der Waals surface area contributed by atoms with E-state index in [-0.39, 0.29) is 12.2 Å². The number of rotatable bonds is 4. The fraction of sp³-hybridized carbons (Fsp3) is 0.833. The zero-order valence-electron chi connectivity index (χ0n) is 11.5. The minimum Gasteiger partial charge on any atom is -0.412 e. The lowest BCUT2D eigenvalue weighted by atomic mass is 10.0. The van der Waals surface area contributed by atoms with Crippen molar-refractivity contribution in [3.05, 3.63) is 12.2 Å². The molecule has 1 aliphatic rings. The van der Waals surface area contributed by atoms with Crippen LogP contribution < -0.4 is 0 Å². The molecule has 0 N–H and O–H groups in total. The molecular formula is C12H26O2Si2. The molecule has 94 valence electrons. The van der Waals surface area contributed by atoms with Crippen LogP contribution in [0.2, 0.25) is 39.3 Å². The Hall–Kier alpha value is 0.0938. The summed E-state index contributed by atoms with van der Waals surface area (Å²) in [6, 6.07) is 0. The van der Waals surface area contributed by atoms with E-state index in [1.807, 2.05) is 0 Å². The van der Waals surface area contributed by atoms with Crippen LogP contribution >= 0.6 is 0 Å². The maximum absolute atomic E-state index is 6.22. The molecule has 4 heteroatoms. The Morgan fingerprint density at radius 1 is 0.750 bits per heavy atom. The van der Waals surface area contributed by atoms with E-state index in [0.29, 0.717) is 0 Å². The summed E-state index contributed by atoms with van der Waals surface area (Å²) in [5.41, 5.74) is 0. The second-order valence-corrected chi connectivity index (χ2v) is 15.4. The third-order valence-corrected chi connectivity index (χ3v) is 4.35. The first-order valence-electron chi connectivity index (χ1n) is 6.18. The molecule has 0 saturated heterocycles. The van der Waals surface area contributed by atoms with Crippen molar-refractivity contribution in [3.8, 4) is 0 Å². The molecule has 0 unspecified atom stereocenters. The van der Waals surface area contributed by atoms with Gasteiger partial charge in [0.05, 0.1) is 12.2 Å². The van der Waals surface area contributed by atoms with Crippen molar-refractivity contribution < 1.29 is 8.85 Å². The van der Waals surface area contributed by atoms with Crippen LogP contribution in [0.5, 0.6) is 0 Å². The van der Waals surface area contributed by atoms with Gasteiger partial charge in [0.1, 0.15) is 0 Å². The van der Waals surface area contributed by atoms with Gasteiger partial charge in [0.15, 0.2) is 16.6 Å². The summed E-state index contributed by atoms with van der Waals surface area (Å²) in [7, 11) is -2.92. The quantitative estimate of drug-likeness (QED) is 0.564. The zero-order valence-corrected chi connectivity index (χ0v) is 13.5. The van der Waals surface area contributed by atoms with Crippen LogP contribution in [0.3, 0.4) is 0 Å². The Kier molecular flexibility index (Phi) is 4.57. The lowest BCUT2D eigenvalue weighted by Gasteiger charge is -2.37. The highest BCUT2D eigenvalue weighted by Crippen LogP contribution is 2.24. The lowest BCUT2D eigenvalue weighted by molar-refractivity contribution is 0.0429. The smallest absolute Gasteiger partial charge is 0.184 e. The van der Waals surface area contributed by atoms with Crippen molar-refractivity contribution >= 4 is 16.6 Å². The molecular weight excluding hydrogens is 232 g/mol. The average Bonchev–Trinajstić information content (AvgIpc) is 2.03. The summed E-state index contributed by atoms with van der Waals surface area (Å²) in [6.07, 6.45) is 7.05. The summed E-state index contributed by atoms with van der Waals surface area (Å²) < 4.78 is 12.4. The lowest BCUT2D eigenvalue weighted by Crippen LogP contribution is -2.45. The third-order valence-electron chi connectivity index (χ3n) is 2.33. The molecule has 0 amide bonds. The predicted octanol–water partition coefficient (Wildman–Crippen LogP) is 3.78. The van der Waals surface area contributed by atoms with Gasteiger partial charge in [-0.05, 0) is 52.1 Å². The van der Waals surface area contributed by atoms with E-state index in [2.05, 4.69) is 51.4 Å². The highest BCUT2D eigenvalue weighted by atomic mass is 28.4. The molecule has 0 saturated carbocycles. The molecule has 16 heavy (non-hydrogen) atoms. The van der Waals surface area contributed by atoms with Crippen molar-refractivity contribution in [1.29, 1.82) is 0 Å². The fourth-order valence-electron chi connectivity index (χ4n) is 1.92. The molecule has 0 bridgehead atoms. The highest BCUT2D eigenvalue weighted by molar-refractivity contribution is 6.70. The summed E-state index contributed by atoms with van der Waals surface area (Å²) in [5, 5.41) is 0. The molecule has 0 fully saturated rings. The van der Waals surface area contributed by atoms with Gasteiger partial charge < -0.3 is 8.85 Å². The predicted molar refractivity (Wildman–Crippen MR) is 74.8 cm³/mol. The van der Waals surface area contributed by atoms with Gasteiger partial charge >= 0.3 is 0 Å². The molecule has 0 aliphatic heterocycles. The van der Waals surface area contributed by atoms with Gasteiger partial charge in [-0.1, -0.05) is 12.2 Å². The van der Waals surface area contributed by atoms with Crippen molar-refractivity contribution in [2.24, 2.45) is 0 Å². The van der Waals surface area contributed by atoms with Crippen LogP contribution in [-0.2, 0) is 8.85 Å². The molecule has 1 rings (SSSR count). The Morgan fingerprint density at radius 2 is 1.06 bits per heavy atom. The Labute approximate surface area is 102 Å². The fourth-order valence-corrected chi connectivity index (χ4v) is 4.23. The van der Waals surface area contributed by atoms with Gasteiger partial charge in [0, 0.05) is 0 Å². The third kappa shape index (κ3) is 5.43. The molecule has 2 nitrogen and oxygen atoms in total. The van der Waals surface area contributed by atoms with Gasteiger partial charge in [-0.25, -0.2) is 0 Å². The van der Waals surface area contributed by atoms with E-state index in [4.69, 9.17) is 8.85 Å². The van der Waals surface area contributed by atoms with E-state index in [9.17, 15) is 0 Å². The van der Waals surface area contributed by atoms with Crippen LogP contribution in [0.25, 0.3) is 0 Å². The van der Waals surface area contributed by atoms with Crippen molar-refractivity contribution in [2.45, 2.75) is 64.3 Å². The Morgan fingerprint density at radius 3 is 1.31 bits per heavy atom. The second kappa shape index (κ2) is 5.16. The highest BCUT2D eigenvalue weighted by Gasteiger charge is 2.32. The second-order valence-electron chi connectivity index (χ2n) is 6.48. The van der Waals surface area contributed by atoms with Crippen molar-refractivity contribution in [3.63, 3.8) is 0 Å². The molecule has 0 aromatic rings. The van der Waals surface area contributed by atoms with Gasteiger partial charge in [-0.2, -0.15) is 0 Å². The first-order valence-corrected chi connectivity index (χ1v) is 13.0. The molecule has 0 aromatic carbocycles. The number of hydrogen-bond acceptors (Lipinski definition) is 2. The molecule has 0 spiro atoms. The Balaban J connectivity index is 2.62. The van der Waals surface area contributed by atoms with E-state index < -0.39 is 16.6 Å². The standard InChI is InChI=1S/C12H26O2Si2/c1-15(2,3)13-11-9-7-8-10-12(11)14-16(4,5)6/h7-8,11-12H,9-10H2,1-6H3/t11-,12-/m0/s1. The van der Waals surface area contributed by atoms with Crippen LogP contribution in [0.1, 0.15) is 12.8 Å². The molecule has 0 heterocycles. The van der Waals surface area contributed by atoms with Crippen LogP contribution in [0.15, 0.2) is 12.2 Å². The normalized spacial score (nSPS) is 27.1. The maximum Gasteiger partial charge on any atom is 0.184 e. The van der Waals surface area contributed by atoms with Gasteiger partial charge in [0.25, 0.3) is 0 Å². The van der Waals surface area contributed by atoms with Crippen LogP contribution in [0.4, 0.5) is 0 Å². The van der Waals surface area contributed by atoms with Crippen LogP contribution in [-0.4, -0.2) is 28.8 Å². The summed E-state index contributed by atoms with van der Waals surface area (Å²) in [6.45, 7) is 13.5. The minimum absolute atomic E-state index is 0.281. The average molecular weight is 259 g/mol. The van der Waals surface area contributed by atoms with E-state index >= 15 is 0 Å². The first-order chi connectivity index (χ1) is 7.17. The molecule has 0 radical (unpaired) electrons. The SMILES string of the molecule is C[Si](C)(C)O[C@H]1CC=CC[C@@H]1O[Si](C)(C)C. The monoisotopic (exact) mass is 258 g/mol. The molecule has 0 aromatic heterocycles. The summed E-state index contributed by atoms with van der Waals surface area (Å²) in [4.78, 5) is 0. The van der Waals surface area contributed by atoms with Gasteiger partial charge in [-0.3, -0.25) is 0 Å². The van der Waals surface area contributed by atoms with E-state index in [1.165, 1.54) is 0 Å². The topological polar surface area (TPSA) is 18.5 Å². The first kappa shape index (κ1) is 14.2. The molecule has 2 atom stereocenters. The van der Waals surface area contributed by atoms with Gasteiger partial charge in [-0.15, -0.1) is 0 Å². The zero-order chi connectivity index (χ0) is 12.4. The molecule has 1 aliphatic carbocycles. The Bertz CT molecular complexity index is 225. The largest absolute Gasteiger partial charge is 0.412 e. The summed E-state index contributed by atoms with van der Waals surface area (Å²) in [5.74, 6) is 0. The number of hydrogen-bond donors (Lipinski definition) is 0. The van der Waals surface area contributed by atoms with Crippen LogP contribution in [0, 0.1) is 0 Å². The van der Waals surface area contributed by atoms with Gasteiger partial charge in [0.2, 0.25) is 0 Å². The maximum atomic E-state index is 6.22. The minimum atomic E-state index is -1.46. The van der Waals surface area contributed by atoms with E-state index in [0.717, 1.165) is 12.8 Å².